The first-order valence-corrected chi connectivity index (χ1v) is 12.3. The third kappa shape index (κ3) is 3.65. The number of aryl methyl sites for hydroxylation is 2. The van der Waals surface area contributed by atoms with Gasteiger partial charge in [0.1, 0.15) is 22.2 Å². The van der Waals surface area contributed by atoms with Crippen molar-refractivity contribution in [3.63, 3.8) is 0 Å². The molecule has 0 fully saturated rings. The van der Waals surface area contributed by atoms with E-state index in [-0.39, 0.29) is 0 Å². The van der Waals surface area contributed by atoms with Crippen LogP contribution >= 0.6 is 23.1 Å². The first kappa shape index (κ1) is 20.3. The molecule has 0 radical (unpaired) electrons. The molecule has 0 amide bonds. The lowest BCUT2D eigenvalue weighted by Crippen LogP contribution is -2.03. The van der Waals surface area contributed by atoms with Gasteiger partial charge in [-0.25, -0.2) is 9.97 Å². The fourth-order valence-corrected chi connectivity index (χ4v) is 6.28. The average molecular weight is 453 g/mol. The van der Waals surface area contributed by atoms with Gasteiger partial charge in [0.25, 0.3) is 0 Å². The first-order valence-electron chi connectivity index (χ1n) is 10.5. The van der Waals surface area contributed by atoms with Crippen molar-refractivity contribution >= 4 is 39.1 Å². The molecule has 0 saturated heterocycles. The number of hydrogen-bond acceptors (Lipinski definition) is 8. The number of hydrogen-bond donors (Lipinski definition) is 1. The molecule has 0 atom stereocenters. The molecule has 4 aromatic rings. The average Bonchev–Trinajstić information content (AvgIpc) is 3.38. The summed E-state index contributed by atoms with van der Waals surface area (Å²) in [6, 6.07) is 7.86. The summed E-state index contributed by atoms with van der Waals surface area (Å²) in [7, 11) is 1.67. The smallest absolute Gasteiger partial charge is 0.191 e. The van der Waals surface area contributed by atoms with E-state index < -0.39 is 0 Å². The third-order valence-electron chi connectivity index (χ3n) is 5.60. The molecule has 9 heteroatoms. The number of aromatic nitrogens is 5. The molecular weight excluding hydrogens is 428 g/mol. The fraction of sp³-hybridized carbons (Fsp3) is 0.364. The van der Waals surface area contributed by atoms with E-state index >= 15 is 0 Å². The Hall–Kier alpha value is -2.65. The van der Waals surface area contributed by atoms with Gasteiger partial charge in [-0.3, -0.25) is 0 Å². The maximum absolute atomic E-state index is 6.36. The monoisotopic (exact) mass is 452 g/mol. The van der Waals surface area contributed by atoms with Crippen LogP contribution in [0.3, 0.4) is 0 Å². The van der Waals surface area contributed by atoms with Crippen LogP contribution in [-0.4, -0.2) is 31.8 Å². The van der Waals surface area contributed by atoms with E-state index in [0.717, 1.165) is 57.7 Å². The zero-order valence-corrected chi connectivity index (χ0v) is 19.2. The van der Waals surface area contributed by atoms with E-state index in [4.69, 9.17) is 15.5 Å². The number of nitrogens with two attached hydrogens (primary N) is 1. The summed E-state index contributed by atoms with van der Waals surface area (Å²) in [6.45, 7) is 2.84. The van der Waals surface area contributed by atoms with Crippen LogP contribution in [0.15, 0.2) is 29.4 Å². The first-order chi connectivity index (χ1) is 15.2. The van der Waals surface area contributed by atoms with Gasteiger partial charge in [0.2, 0.25) is 0 Å². The van der Waals surface area contributed by atoms with Gasteiger partial charge in [0.15, 0.2) is 11.0 Å². The molecule has 5 rings (SSSR count). The van der Waals surface area contributed by atoms with Crippen LogP contribution in [0, 0.1) is 0 Å². The van der Waals surface area contributed by atoms with Crippen molar-refractivity contribution < 1.29 is 4.74 Å². The standard InChI is InChI=1S/C22H24N6OS2/c1-3-28-20(13-8-4-6-10-15(13)29-2)26-27-22(28)30-12-17-24-19(23)18-14-9-5-7-11-16(14)31-21(18)25-17/h4,6,8,10H,3,5,7,9,11-12H2,1-2H3,(H2,23,24,25). The van der Waals surface area contributed by atoms with E-state index in [1.54, 1.807) is 30.2 Å². The fourth-order valence-electron chi connectivity index (χ4n) is 4.13. The quantitative estimate of drug-likeness (QED) is 0.423. The molecule has 1 aromatic carbocycles. The third-order valence-corrected chi connectivity index (χ3v) is 7.75. The predicted octanol–water partition coefficient (Wildman–Crippen LogP) is 4.73. The molecule has 1 aliphatic rings. The number of ether oxygens (including phenoxy) is 1. The molecular formula is C22H24N6OS2. The number of anilines is 1. The van der Waals surface area contributed by atoms with Crippen molar-refractivity contribution in [3.05, 3.63) is 40.5 Å². The highest BCUT2D eigenvalue weighted by Gasteiger charge is 2.21. The van der Waals surface area contributed by atoms with Crippen LogP contribution in [0.5, 0.6) is 5.75 Å². The Bertz CT molecular complexity index is 1250. The van der Waals surface area contributed by atoms with E-state index in [2.05, 4.69) is 26.7 Å². The van der Waals surface area contributed by atoms with Gasteiger partial charge in [-0.05, 0) is 50.3 Å². The molecule has 0 aliphatic heterocycles. The second-order valence-corrected chi connectivity index (χ2v) is 9.48. The van der Waals surface area contributed by atoms with Crippen molar-refractivity contribution in [1.29, 1.82) is 0 Å². The van der Waals surface area contributed by atoms with Gasteiger partial charge in [0.05, 0.1) is 23.8 Å². The lowest BCUT2D eigenvalue weighted by Gasteiger charge is -2.11. The number of fused-ring (bicyclic) bond motifs is 3. The summed E-state index contributed by atoms with van der Waals surface area (Å²) in [4.78, 5) is 11.9. The zero-order valence-electron chi connectivity index (χ0n) is 17.6. The molecule has 2 N–H and O–H groups in total. The van der Waals surface area contributed by atoms with E-state index in [1.165, 1.54) is 23.3 Å². The molecule has 0 unspecified atom stereocenters. The Morgan fingerprint density at radius 1 is 1.16 bits per heavy atom. The molecule has 7 nitrogen and oxygen atoms in total. The Morgan fingerprint density at radius 2 is 2.00 bits per heavy atom. The maximum atomic E-state index is 6.36. The molecule has 31 heavy (non-hydrogen) atoms. The second-order valence-electron chi connectivity index (χ2n) is 7.46. The highest BCUT2D eigenvalue weighted by atomic mass is 32.2. The molecule has 0 spiro atoms. The van der Waals surface area contributed by atoms with E-state index in [0.29, 0.717) is 11.6 Å². The number of methoxy groups -OCH3 is 1. The van der Waals surface area contributed by atoms with E-state index in [9.17, 15) is 0 Å². The molecule has 0 saturated carbocycles. The van der Waals surface area contributed by atoms with Crippen LogP contribution in [0.25, 0.3) is 21.6 Å². The van der Waals surface area contributed by atoms with Gasteiger partial charge in [-0.15, -0.1) is 21.5 Å². The van der Waals surface area contributed by atoms with Gasteiger partial charge < -0.3 is 15.0 Å². The lowest BCUT2D eigenvalue weighted by atomic mass is 9.97. The molecule has 160 valence electrons. The molecule has 3 aromatic heterocycles. The highest BCUT2D eigenvalue weighted by Crippen LogP contribution is 2.38. The maximum Gasteiger partial charge on any atom is 0.191 e. The van der Waals surface area contributed by atoms with Crippen LogP contribution in [-0.2, 0) is 25.1 Å². The van der Waals surface area contributed by atoms with Crippen molar-refractivity contribution in [2.75, 3.05) is 12.8 Å². The van der Waals surface area contributed by atoms with Gasteiger partial charge in [0, 0.05) is 11.4 Å². The molecule has 1 aliphatic carbocycles. The zero-order chi connectivity index (χ0) is 21.4. The minimum absolute atomic E-state index is 0.590. The molecule has 3 heterocycles. The van der Waals surface area contributed by atoms with Crippen LogP contribution in [0.1, 0.15) is 36.0 Å². The number of para-hydroxylation sites is 1. The summed E-state index contributed by atoms with van der Waals surface area (Å²) in [5, 5.41) is 10.8. The number of nitrogens with zero attached hydrogens (tertiary/aromatic N) is 5. The number of rotatable bonds is 6. The Labute approximate surface area is 189 Å². The van der Waals surface area contributed by atoms with Crippen molar-refractivity contribution in [3.8, 4) is 17.1 Å². The minimum Gasteiger partial charge on any atom is -0.496 e. The summed E-state index contributed by atoms with van der Waals surface area (Å²) in [6.07, 6.45) is 4.68. The highest BCUT2D eigenvalue weighted by molar-refractivity contribution is 7.98. The summed E-state index contributed by atoms with van der Waals surface area (Å²) < 4.78 is 7.60. The summed E-state index contributed by atoms with van der Waals surface area (Å²) in [5.41, 5.74) is 8.66. The van der Waals surface area contributed by atoms with Crippen LogP contribution in [0.4, 0.5) is 5.82 Å². The van der Waals surface area contributed by atoms with Gasteiger partial charge >= 0.3 is 0 Å². The summed E-state index contributed by atoms with van der Waals surface area (Å²) in [5.74, 6) is 3.51. The van der Waals surface area contributed by atoms with Crippen molar-refractivity contribution in [2.24, 2.45) is 0 Å². The van der Waals surface area contributed by atoms with Crippen molar-refractivity contribution in [2.45, 2.75) is 50.1 Å². The Morgan fingerprint density at radius 3 is 2.84 bits per heavy atom. The number of thiophene rings is 1. The Kier molecular flexibility index (Phi) is 5.54. The van der Waals surface area contributed by atoms with E-state index in [1.807, 2.05) is 24.3 Å². The number of thioether (sulfide) groups is 1. The van der Waals surface area contributed by atoms with Crippen LogP contribution < -0.4 is 10.5 Å². The number of benzene rings is 1. The Balaban J connectivity index is 1.43. The van der Waals surface area contributed by atoms with Crippen LogP contribution in [0.2, 0.25) is 0 Å². The largest absolute Gasteiger partial charge is 0.496 e. The topological polar surface area (TPSA) is 91.7 Å². The number of nitrogen functional groups attached to an aromatic ring is 1. The van der Waals surface area contributed by atoms with Crippen molar-refractivity contribution in [1.82, 2.24) is 24.7 Å². The second kappa shape index (κ2) is 8.47. The summed E-state index contributed by atoms with van der Waals surface area (Å²) >= 11 is 3.35. The minimum atomic E-state index is 0.590. The normalized spacial score (nSPS) is 13.5. The SMILES string of the molecule is CCn1c(SCc2nc(N)c3c4c(sc3n2)CCCC4)nnc1-c1ccccc1OC. The lowest BCUT2D eigenvalue weighted by molar-refractivity contribution is 0.416. The van der Waals surface area contributed by atoms with Gasteiger partial charge in [-0.2, -0.15) is 0 Å². The predicted molar refractivity (Wildman–Crippen MR) is 126 cm³/mol. The van der Waals surface area contributed by atoms with Gasteiger partial charge in [-0.1, -0.05) is 23.9 Å². The molecule has 0 bridgehead atoms.